The van der Waals surface area contributed by atoms with E-state index in [4.69, 9.17) is 0 Å². The molecule has 23 heavy (non-hydrogen) atoms. The van der Waals surface area contributed by atoms with Gasteiger partial charge in [0, 0.05) is 30.5 Å². The van der Waals surface area contributed by atoms with E-state index in [-0.39, 0.29) is 11.7 Å². The van der Waals surface area contributed by atoms with Gasteiger partial charge in [0.05, 0.1) is 11.2 Å². The number of hydrogen-bond donors (Lipinski definition) is 0. The van der Waals surface area contributed by atoms with E-state index in [0.29, 0.717) is 12.1 Å². The minimum absolute atomic E-state index is 0.109. The molecule has 0 bridgehead atoms. The highest BCUT2D eigenvalue weighted by Gasteiger charge is 2.28. The zero-order valence-corrected chi connectivity index (χ0v) is 14.7. The van der Waals surface area contributed by atoms with Crippen LogP contribution in [0, 0.1) is 12.7 Å². The van der Waals surface area contributed by atoms with Crippen molar-refractivity contribution in [2.24, 2.45) is 0 Å². The molecule has 1 aromatic heterocycles. The van der Waals surface area contributed by atoms with Gasteiger partial charge in [-0.15, -0.1) is 11.3 Å². The summed E-state index contributed by atoms with van der Waals surface area (Å²) in [7, 11) is 5.34. The van der Waals surface area contributed by atoms with Crippen LogP contribution in [0.25, 0.3) is 0 Å². The van der Waals surface area contributed by atoms with E-state index in [1.807, 2.05) is 12.4 Å². The van der Waals surface area contributed by atoms with Crippen molar-refractivity contribution in [2.45, 2.75) is 19.4 Å². The van der Waals surface area contributed by atoms with Gasteiger partial charge in [-0.25, -0.2) is 9.37 Å². The molecular formula is C17H22FN3OS. The van der Waals surface area contributed by atoms with E-state index in [2.05, 4.69) is 4.98 Å². The van der Waals surface area contributed by atoms with Gasteiger partial charge in [-0.3, -0.25) is 9.69 Å². The third-order valence-electron chi connectivity index (χ3n) is 3.85. The van der Waals surface area contributed by atoms with Crippen molar-refractivity contribution in [1.82, 2.24) is 14.8 Å². The molecule has 0 spiro atoms. The summed E-state index contributed by atoms with van der Waals surface area (Å²) >= 11 is 1.60. The lowest BCUT2D eigenvalue weighted by molar-refractivity contribution is -0.135. The molecule has 0 unspecified atom stereocenters. The summed E-state index contributed by atoms with van der Waals surface area (Å²) in [6.45, 7) is 2.55. The van der Waals surface area contributed by atoms with Crippen LogP contribution in [0.15, 0.2) is 29.8 Å². The molecule has 124 valence electrons. The maximum absolute atomic E-state index is 14.1. The molecule has 1 amide bonds. The van der Waals surface area contributed by atoms with Gasteiger partial charge in [0.2, 0.25) is 5.91 Å². The molecule has 0 saturated carbocycles. The summed E-state index contributed by atoms with van der Waals surface area (Å²) in [6, 6.07) is 5.82. The van der Waals surface area contributed by atoms with Gasteiger partial charge >= 0.3 is 0 Å². The van der Waals surface area contributed by atoms with Crippen LogP contribution in [0.4, 0.5) is 4.39 Å². The van der Waals surface area contributed by atoms with Crippen LogP contribution >= 0.6 is 11.3 Å². The maximum Gasteiger partial charge on any atom is 0.244 e. The Bertz CT molecular complexity index is 671. The molecule has 0 fully saturated rings. The number of nitrogens with zero attached hydrogens (tertiary/aromatic N) is 3. The first kappa shape index (κ1) is 17.6. The van der Waals surface area contributed by atoms with Crippen LogP contribution in [0.1, 0.15) is 22.2 Å². The smallest absolute Gasteiger partial charge is 0.244 e. The number of rotatable bonds is 6. The van der Waals surface area contributed by atoms with Crippen molar-refractivity contribution >= 4 is 17.2 Å². The Morgan fingerprint density at radius 1 is 1.30 bits per heavy atom. The fourth-order valence-electron chi connectivity index (χ4n) is 2.48. The number of hydrogen-bond acceptors (Lipinski definition) is 4. The summed E-state index contributed by atoms with van der Waals surface area (Å²) in [5.74, 6) is -0.464. The van der Waals surface area contributed by atoms with Crippen molar-refractivity contribution in [3.05, 3.63) is 51.7 Å². The minimum atomic E-state index is -0.622. The molecule has 1 aromatic carbocycles. The number of carbonyl (C=O) groups is 1. The highest BCUT2D eigenvalue weighted by Crippen LogP contribution is 2.23. The monoisotopic (exact) mass is 335 g/mol. The quantitative estimate of drug-likeness (QED) is 0.814. The van der Waals surface area contributed by atoms with Gasteiger partial charge < -0.3 is 4.90 Å². The van der Waals surface area contributed by atoms with Gasteiger partial charge in [-0.05, 0) is 27.1 Å². The van der Waals surface area contributed by atoms with Crippen molar-refractivity contribution in [1.29, 1.82) is 0 Å². The predicted molar refractivity (Wildman–Crippen MR) is 91.0 cm³/mol. The normalized spacial score (nSPS) is 12.4. The van der Waals surface area contributed by atoms with Crippen LogP contribution < -0.4 is 0 Å². The highest BCUT2D eigenvalue weighted by molar-refractivity contribution is 7.09. The average Bonchev–Trinajstić information content (AvgIpc) is 2.91. The van der Waals surface area contributed by atoms with E-state index < -0.39 is 6.04 Å². The lowest BCUT2D eigenvalue weighted by Gasteiger charge is -2.28. The summed E-state index contributed by atoms with van der Waals surface area (Å²) < 4.78 is 14.1. The average molecular weight is 335 g/mol. The first-order chi connectivity index (χ1) is 10.9. The third kappa shape index (κ3) is 4.14. The maximum atomic E-state index is 14.1. The van der Waals surface area contributed by atoms with E-state index in [0.717, 1.165) is 12.1 Å². The summed E-state index contributed by atoms with van der Waals surface area (Å²) in [4.78, 5) is 21.6. The Morgan fingerprint density at radius 2 is 2.00 bits per heavy atom. The number of likely N-dealkylation sites (N-methyl/N-ethyl adjacent to an activating group) is 2. The van der Waals surface area contributed by atoms with Crippen LogP contribution in [-0.2, 0) is 11.2 Å². The minimum Gasteiger partial charge on any atom is -0.344 e. The molecule has 0 radical (unpaired) electrons. The van der Waals surface area contributed by atoms with Crippen molar-refractivity contribution in [3.63, 3.8) is 0 Å². The molecule has 2 rings (SSSR count). The first-order valence-electron chi connectivity index (χ1n) is 7.46. The summed E-state index contributed by atoms with van der Waals surface area (Å²) in [5.41, 5.74) is 3.23. The number of thiazole rings is 1. The molecule has 1 atom stereocenters. The molecule has 2 aromatic rings. The van der Waals surface area contributed by atoms with Gasteiger partial charge in [-0.1, -0.05) is 18.2 Å². The lowest BCUT2D eigenvalue weighted by Crippen LogP contribution is -2.39. The number of carbonyl (C=O) groups excluding carboxylic acids is 1. The lowest BCUT2D eigenvalue weighted by atomic mass is 10.0. The third-order valence-corrected chi connectivity index (χ3v) is 4.84. The molecule has 1 heterocycles. The summed E-state index contributed by atoms with van der Waals surface area (Å²) in [5, 5.41) is 0. The second-order valence-corrected chi connectivity index (χ2v) is 6.70. The van der Waals surface area contributed by atoms with Crippen LogP contribution in [0.2, 0.25) is 0 Å². The SMILES string of the molecule is Cc1ncsc1CCN(C)C(=O)[C@H](c1ccccc1F)N(C)C. The predicted octanol–water partition coefficient (Wildman–Crippen LogP) is 2.89. The molecule has 0 aliphatic carbocycles. The Balaban J connectivity index is 2.11. The topological polar surface area (TPSA) is 36.4 Å². The van der Waals surface area contributed by atoms with E-state index in [1.54, 1.807) is 60.5 Å². The second kappa shape index (κ2) is 7.66. The van der Waals surface area contributed by atoms with Crippen molar-refractivity contribution in [2.75, 3.05) is 27.7 Å². The zero-order chi connectivity index (χ0) is 17.0. The fourth-order valence-corrected chi connectivity index (χ4v) is 3.25. The van der Waals surface area contributed by atoms with E-state index >= 15 is 0 Å². The number of amides is 1. The number of benzene rings is 1. The van der Waals surface area contributed by atoms with Crippen molar-refractivity contribution < 1.29 is 9.18 Å². The van der Waals surface area contributed by atoms with Crippen LogP contribution in [0.3, 0.4) is 0 Å². The molecule has 6 heteroatoms. The second-order valence-electron chi connectivity index (χ2n) is 5.76. The van der Waals surface area contributed by atoms with Crippen LogP contribution in [0.5, 0.6) is 0 Å². The van der Waals surface area contributed by atoms with Crippen molar-refractivity contribution in [3.8, 4) is 0 Å². The van der Waals surface area contributed by atoms with Gasteiger partial charge in [0.25, 0.3) is 0 Å². The zero-order valence-electron chi connectivity index (χ0n) is 13.9. The van der Waals surface area contributed by atoms with E-state index in [1.165, 1.54) is 10.9 Å². The highest BCUT2D eigenvalue weighted by atomic mass is 32.1. The molecule has 0 saturated heterocycles. The largest absolute Gasteiger partial charge is 0.344 e. The fraction of sp³-hybridized carbons (Fsp3) is 0.412. The number of aromatic nitrogens is 1. The van der Waals surface area contributed by atoms with Crippen LogP contribution in [-0.4, -0.2) is 48.4 Å². The Hall–Kier alpha value is -1.79. The Labute approximate surface area is 140 Å². The van der Waals surface area contributed by atoms with E-state index in [9.17, 15) is 9.18 Å². The summed E-state index contributed by atoms with van der Waals surface area (Å²) in [6.07, 6.45) is 0.760. The molecule has 0 aliphatic rings. The Morgan fingerprint density at radius 3 is 2.57 bits per heavy atom. The molecule has 0 N–H and O–H groups in total. The van der Waals surface area contributed by atoms with Gasteiger partial charge in [-0.2, -0.15) is 0 Å². The molecule has 0 aliphatic heterocycles. The Kier molecular flexibility index (Phi) is 5.85. The molecular weight excluding hydrogens is 313 g/mol. The molecule has 4 nitrogen and oxygen atoms in total. The first-order valence-corrected chi connectivity index (χ1v) is 8.34. The van der Waals surface area contributed by atoms with Gasteiger partial charge in [0.15, 0.2) is 0 Å². The van der Waals surface area contributed by atoms with Gasteiger partial charge in [0.1, 0.15) is 11.9 Å². The number of halogens is 1. The number of aryl methyl sites for hydroxylation is 1. The standard InChI is InChI=1S/C17H22FN3OS/c1-12-15(23-11-19-12)9-10-21(4)17(22)16(20(2)3)13-7-5-6-8-14(13)18/h5-8,11,16H,9-10H2,1-4H3/t16-/m0/s1.